The summed E-state index contributed by atoms with van der Waals surface area (Å²) in [5.41, 5.74) is 1.99. The van der Waals surface area contributed by atoms with E-state index in [1.807, 2.05) is 13.0 Å². The molecule has 0 spiro atoms. The van der Waals surface area contributed by atoms with E-state index in [4.69, 9.17) is 27.9 Å². The number of carbonyl (C=O) groups is 2. The average molecular weight is 338 g/mol. The Morgan fingerprint density at radius 3 is 2.50 bits per heavy atom. The van der Waals surface area contributed by atoms with Gasteiger partial charge in [-0.25, -0.2) is 0 Å². The maximum atomic E-state index is 12.3. The van der Waals surface area contributed by atoms with E-state index in [0.717, 1.165) is 5.56 Å². The highest BCUT2D eigenvalue weighted by molar-refractivity contribution is 6.67. The molecule has 1 N–H and O–H groups in total. The number of nitrogens with one attached hydrogen (secondary N) is 1. The SMILES string of the molecule is COc1cc(C(=O)Cl)ccc1NC(=O)c1cc(C)ccc1Cl. The Kier molecular flexibility index (Phi) is 5.06. The largest absolute Gasteiger partial charge is 0.495 e. The first-order valence-corrected chi connectivity index (χ1v) is 7.13. The second-order valence-corrected chi connectivity index (χ2v) is 5.38. The van der Waals surface area contributed by atoms with Crippen LogP contribution in [0.2, 0.25) is 5.02 Å². The van der Waals surface area contributed by atoms with Gasteiger partial charge in [-0.3, -0.25) is 9.59 Å². The molecule has 6 heteroatoms. The van der Waals surface area contributed by atoms with Crippen LogP contribution >= 0.6 is 23.2 Å². The van der Waals surface area contributed by atoms with Crippen molar-refractivity contribution in [3.63, 3.8) is 0 Å². The fraction of sp³-hybridized carbons (Fsp3) is 0.125. The molecule has 4 nitrogen and oxygen atoms in total. The normalized spacial score (nSPS) is 10.2. The number of aryl methyl sites for hydroxylation is 1. The number of rotatable bonds is 4. The molecule has 22 heavy (non-hydrogen) atoms. The van der Waals surface area contributed by atoms with Crippen LogP contribution in [-0.4, -0.2) is 18.3 Å². The predicted molar refractivity (Wildman–Crippen MR) is 87.3 cm³/mol. The lowest BCUT2D eigenvalue weighted by atomic mass is 10.1. The molecular formula is C16H13Cl2NO3. The Hall–Kier alpha value is -2.04. The van der Waals surface area contributed by atoms with Crippen LogP contribution in [0.25, 0.3) is 0 Å². The first kappa shape index (κ1) is 16.3. The van der Waals surface area contributed by atoms with Gasteiger partial charge in [-0.05, 0) is 48.9 Å². The van der Waals surface area contributed by atoms with Crippen molar-refractivity contribution < 1.29 is 14.3 Å². The Bertz CT molecular complexity index is 744. The summed E-state index contributed by atoms with van der Waals surface area (Å²) < 4.78 is 5.17. The summed E-state index contributed by atoms with van der Waals surface area (Å²) in [6, 6.07) is 9.70. The van der Waals surface area contributed by atoms with Crippen molar-refractivity contribution in [2.75, 3.05) is 12.4 Å². The highest BCUT2D eigenvalue weighted by atomic mass is 35.5. The van der Waals surface area contributed by atoms with E-state index >= 15 is 0 Å². The molecule has 0 radical (unpaired) electrons. The molecule has 0 saturated heterocycles. The maximum Gasteiger partial charge on any atom is 0.257 e. The minimum atomic E-state index is -0.599. The van der Waals surface area contributed by atoms with Crippen LogP contribution in [0.4, 0.5) is 5.69 Å². The minimum absolute atomic E-state index is 0.283. The van der Waals surface area contributed by atoms with Crippen LogP contribution < -0.4 is 10.1 Å². The number of hydrogen-bond donors (Lipinski definition) is 1. The van der Waals surface area contributed by atoms with E-state index in [9.17, 15) is 9.59 Å². The minimum Gasteiger partial charge on any atom is -0.495 e. The van der Waals surface area contributed by atoms with E-state index in [1.165, 1.54) is 19.2 Å². The maximum absolute atomic E-state index is 12.3. The van der Waals surface area contributed by atoms with Gasteiger partial charge in [0.1, 0.15) is 5.75 Å². The van der Waals surface area contributed by atoms with Gasteiger partial charge in [0.05, 0.1) is 23.4 Å². The number of hydrogen-bond acceptors (Lipinski definition) is 3. The summed E-state index contributed by atoms with van der Waals surface area (Å²) in [4.78, 5) is 23.5. The van der Waals surface area contributed by atoms with Crippen molar-refractivity contribution in [2.45, 2.75) is 6.92 Å². The van der Waals surface area contributed by atoms with E-state index in [0.29, 0.717) is 22.0 Å². The summed E-state index contributed by atoms with van der Waals surface area (Å²) in [5.74, 6) is -0.0272. The third-order valence-electron chi connectivity index (χ3n) is 3.04. The highest BCUT2D eigenvalue weighted by Gasteiger charge is 2.14. The van der Waals surface area contributed by atoms with Crippen LogP contribution in [0, 0.1) is 6.92 Å². The van der Waals surface area contributed by atoms with Gasteiger partial charge in [0.2, 0.25) is 0 Å². The first-order chi connectivity index (χ1) is 10.4. The quantitative estimate of drug-likeness (QED) is 0.846. The molecular weight excluding hydrogens is 325 g/mol. The van der Waals surface area contributed by atoms with Gasteiger partial charge in [-0.2, -0.15) is 0 Å². The van der Waals surface area contributed by atoms with Crippen molar-refractivity contribution in [3.8, 4) is 5.75 Å². The monoisotopic (exact) mass is 337 g/mol. The molecule has 0 aliphatic rings. The van der Waals surface area contributed by atoms with E-state index in [-0.39, 0.29) is 11.5 Å². The van der Waals surface area contributed by atoms with Crippen molar-refractivity contribution in [1.82, 2.24) is 0 Å². The summed E-state index contributed by atoms with van der Waals surface area (Å²) in [5, 5.41) is 2.47. The second-order valence-electron chi connectivity index (χ2n) is 4.63. The van der Waals surface area contributed by atoms with Gasteiger partial charge in [0.25, 0.3) is 11.1 Å². The molecule has 1 amide bonds. The summed E-state index contributed by atoms with van der Waals surface area (Å²) in [7, 11) is 1.44. The molecule has 0 bridgehead atoms. The Morgan fingerprint density at radius 2 is 1.86 bits per heavy atom. The van der Waals surface area contributed by atoms with Gasteiger partial charge in [0.15, 0.2) is 0 Å². The van der Waals surface area contributed by atoms with Crippen molar-refractivity contribution >= 4 is 40.0 Å². The van der Waals surface area contributed by atoms with Crippen molar-refractivity contribution in [1.29, 1.82) is 0 Å². The van der Waals surface area contributed by atoms with E-state index in [1.54, 1.807) is 18.2 Å². The number of benzene rings is 2. The predicted octanol–water partition coefficient (Wildman–Crippen LogP) is 4.29. The van der Waals surface area contributed by atoms with E-state index in [2.05, 4.69) is 5.32 Å². The van der Waals surface area contributed by atoms with Gasteiger partial charge in [-0.1, -0.05) is 23.2 Å². The fourth-order valence-corrected chi connectivity index (χ4v) is 2.24. The van der Waals surface area contributed by atoms with Crippen molar-refractivity contribution in [2.24, 2.45) is 0 Å². The molecule has 0 aliphatic heterocycles. The fourth-order valence-electron chi connectivity index (χ4n) is 1.92. The lowest BCUT2D eigenvalue weighted by molar-refractivity contribution is 0.102. The van der Waals surface area contributed by atoms with Crippen molar-refractivity contribution in [3.05, 3.63) is 58.1 Å². The molecule has 0 unspecified atom stereocenters. The van der Waals surface area contributed by atoms with Crippen LogP contribution in [0.3, 0.4) is 0 Å². The standard InChI is InChI=1S/C16H13Cl2NO3/c1-9-3-5-12(17)11(7-9)16(21)19-13-6-4-10(15(18)20)8-14(13)22-2/h3-8H,1-2H3,(H,19,21). The molecule has 0 saturated carbocycles. The Labute approximate surface area is 138 Å². The number of anilines is 1. The number of methoxy groups -OCH3 is 1. The molecule has 2 rings (SSSR count). The van der Waals surface area contributed by atoms with Gasteiger partial charge < -0.3 is 10.1 Å². The lowest BCUT2D eigenvalue weighted by Gasteiger charge is -2.12. The molecule has 0 fully saturated rings. The zero-order valence-electron chi connectivity index (χ0n) is 11.9. The van der Waals surface area contributed by atoms with Crippen LogP contribution in [-0.2, 0) is 0 Å². The zero-order valence-corrected chi connectivity index (χ0v) is 13.5. The molecule has 0 heterocycles. The first-order valence-electron chi connectivity index (χ1n) is 6.37. The zero-order chi connectivity index (χ0) is 16.3. The summed E-state index contributed by atoms with van der Waals surface area (Å²) in [6.07, 6.45) is 0. The smallest absolute Gasteiger partial charge is 0.257 e. The number of halogens is 2. The Balaban J connectivity index is 2.32. The molecule has 0 atom stereocenters. The summed E-state index contributed by atoms with van der Waals surface area (Å²) in [6.45, 7) is 1.87. The Morgan fingerprint density at radius 1 is 1.14 bits per heavy atom. The molecule has 2 aromatic carbocycles. The molecule has 0 aliphatic carbocycles. The molecule has 114 valence electrons. The third-order valence-corrected chi connectivity index (χ3v) is 3.59. The number of carbonyl (C=O) groups excluding carboxylic acids is 2. The lowest BCUT2D eigenvalue weighted by Crippen LogP contribution is -2.13. The van der Waals surface area contributed by atoms with Crippen LogP contribution in [0.15, 0.2) is 36.4 Å². The molecule has 0 aromatic heterocycles. The average Bonchev–Trinajstić information content (AvgIpc) is 2.49. The van der Waals surface area contributed by atoms with Gasteiger partial charge >= 0.3 is 0 Å². The van der Waals surface area contributed by atoms with Gasteiger partial charge in [0, 0.05) is 5.56 Å². The molecule has 2 aromatic rings. The van der Waals surface area contributed by atoms with Gasteiger partial charge in [-0.15, -0.1) is 0 Å². The number of ether oxygens (including phenoxy) is 1. The second kappa shape index (κ2) is 6.81. The highest BCUT2D eigenvalue weighted by Crippen LogP contribution is 2.28. The number of amides is 1. The topological polar surface area (TPSA) is 55.4 Å². The van der Waals surface area contributed by atoms with Crippen LogP contribution in [0.1, 0.15) is 26.3 Å². The van der Waals surface area contributed by atoms with E-state index < -0.39 is 5.24 Å². The van der Waals surface area contributed by atoms with Crippen LogP contribution in [0.5, 0.6) is 5.75 Å². The summed E-state index contributed by atoms with van der Waals surface area (Å²) >= 11 is 11.5. The third kappa shape index (κ3) is 3.59.